The van der Waals surface area contributed by atoms with Crippen molar-refractivity contribution in [3.05, 3.63) is 35.2 Å². The first-order chi connectivity index (χ1) is 8.72. The fourth-order valence-electron chi connectivity index (χ4n) is 1.42. The van der Waals surface area contributed by atoms with E-state index in [1.165, 1.54) is 11.8 Å². The maximum Gasteiger partial charge on any atom is 0.133 e. The van der Waals surface area contributed by atoms with E-state index in [0.717, 1.165) is 28.0 Å². The largest absolute Gasteiger partial charge is 0.370 e. The van der Waals surface area contributed by atoms with Gasteiger partial charge in [0.25, 0.3) is 0 Å². The van der Waals surface area contributed by atoms with Crippen LogP contribution in [0.2, 0.25) is 5.02 Å². The normalized spacial score (nSPS) is 10.4. The molecule has 0 atom stereocenters. The van der Waals surface area contributed by atoms with Gasteiger partial charge in [-0.25, -0.2) is 15.0 Å². The van der Waals surface area contributed by atoms with E-state index < -0.39 is 0 Å². The van der Waals surface area contributed by atoms with Crippen molar-refractivity contribution in [2.24, 2.45) is 0 Å². The lowest BCUT2D eigenvalue weighted by Gasteiger charge is -2.09. The van der Waals surface area contributed by atoms with Gasteiger partial charge in [0.15, 0.2) is 0 Å². The van der Waals surface area contributed by atoms with Gasteiger partial charge in [0.2, 0.25) is 0 Å². The van der Waals surface area contributed by atoms with Gasteiger partial charge in [0.05, 0.1) is 5.02 Å². The van der Waals surface area contributed by atoms with Crippen molar-refractivity contribution in [3.8, 4) is 0 Å². The molecule has 0 aliphatic heterocycles. The second kappa shape index (κ2) is 6.02. The summed E-state index contributed by atoms with van der Waals surface area (Å²) in [7, 11) is 0. The van der Waals surface area contributed by atoms with Gasteiger partial charge in [-0.2, -0.15) is 0 Å². The first-order valence-electron chi connectivity index (χ1n) is 5.56. The van der Waals surface area contributed by atoms with Crippen molar-refractivity contribution in [2.45, 2.75) is 23.9 Å². The van der Waals surface area contributed by atoms with Crippen molar-refractivity contribution in [3.63, 3.8) is 0 Å². The quantitative estimate of drug-likeness (QED) is 0.870. The zero-order valence-corrected chi connectivity index (χ0v) is 11.7. The van der Waals surface area contributed by atoms with Gasteiger partial charge >= 0.3 is 0 Å². The zero-order chi connectivity index (χ0) is 13.0. The number of aromatic nitrogens is 3. The van der Waals surface area contributed by atoms with Crippen LogP contribution in [0.4, 0.5) is 5.82 Å². The topological polar surface area (TPSA) is 50.7 Å². The summed E-state index contributed by atoms with van der Waals surface area (Å²) in [6.45, 7) is 4.84. The Morgan fingerprint density at radius 1 is 1.28 bits per heavy atom. The van der Waals surface area contributed by atoms with E-state index >= 15 is 0 Å². The number of hydrogen-bond acceptors (Lipinski definition) is 5. The van der Waals surface area contributed by atoms with Crippen molar-refractivity contribution >= 4 is 29.2 Å². The van der Waals surface area contributed by atoms with Crippen LogP contribution in [0, 0.1) is 6.92 Å². The summed E-state index contributed by atoms with van der Waals surface area (Å²) in [6, 6.07) is 3.63. The molecule has 2 aromatic rings. The molecule has 0 unspecified atom stereocenters. The van der Waals surface area contributed by atoms with Crippen LogP contribution < -0.4 is 5.32 Å². The van der Waals surface area contributed by atoms with Crippen LogP contribution in [0.15, 0.2) is 34.7 Å². The van der Waals surface area contributed by atoms with E-state index in [0.29, 0.717) is 5.02 Å². The molecule has 0 amide bonds. The number of pyridine rings is 1. The summed E-state index contributed by atoms with van der Waals surface area (Å²) >= 11 is 7.53. The Balaban J connectivity index is 2.30. The smallest absolute Gasteiger partial charge is 0.133 e. The molecule has 4 nitrogen and oxygen atoms in total. The summed E-state index contributed by atoms with van der Waals surface area (Å²) in [4.78, 5) is 12.7. The first kappa shape index (κ1) is 13.1. The SMILES string of the molecule is CCNc1ncnc(Sc2ncccc2Cl)c1C. The molecular weight excluding hydrogens is 268 g/mol. The van der Waals surface area contributed by atoms with Gasteiger partial charge in [0.1, 0.15) is 22.2 Å². The number of nitrogens with zero attached hydrogens (tertiary/aromatic N) is 3. The summed E-state index contributed by atoms with van der Waals surface area (Å²) in [5, 5.41) is 5.44. The predicted octanol–water partition coefficient (Wildman–Crippen LogP) is 3.42. The van der Waals surface area contributed by atoms with Crippen molar-refractivity contribution < 1.29 is 0 Å². The first-order valence-corrected chi connectivity index (χ1v) is 6.75. The molecule has 0 radical (unpaired) electrons. The molecule has 0 saturated heterocycles. The highest BCUT2D eigenvalue weighted by Gasteiger charge is 2.10. The Hall–Kier alpha value is -1.33. The van der Waals surface area contributed by atoms with E-state index in [1.807, 2.05) is 26.0 Å². The molecule has 0 aliphatic carbocycles. The average molecular weight is 281 g/mol. The van der Waals surface area contributed by atoms with Gasteiger partial charge < -0.3 is 5.32 Å². The molecular formula is C12H13ClN4S. The van der Waals surface area contributed by atoms with Crippen molar-refractivity contribution in [2.75, 3.05) is 11.9 Å². The Morgan fingerprint density at radius 3 is 2.83 bits per heavy atom. The molecule has 94 valence electrons. The van der Waals surface area contributed by atoms with Crippen LogP contribution in [0.25, 0.3) is 0 Å². The number of halogens is 1. The van der Waals surface area contributed by atoms with Crippen LogP contribution in [-0.2, 0) is 0 Å². The van der Waals surface area contributed by atoms with E-state index in [4.69, 9.17) is 11.6 Å². The molecule has 0 bridgehead atoms. The molecule has 0 saturated carbocycles. The number of hydrogen-bond donors (Lipinski definition) is 1. The molecule has 0 fully saturated rings. The highest BCUT2D eigenvalue weighted by molar-refractivity contribution is 7.99. The zero-order valence-electron chi connectivity index (χ0n) is 10.1. The van der Waals surface area contributed by atoms with Crippen LogP contribution >= 0.6 is 23.4 Å². The minimum absolute atomic E-state index is 0.630. The molecule has 2 rings (SSSR count). The summed E-state index contributed by atoms with van der Waals surface area (Å²) in [5.74, 6) is 0.849. The maximum atomic E-state index is 6.09. The van der Waals surface area contributed by atoms with Gasteiger partial charge in [-0.15, -0.1) is 0 Å². The van der Waals surface area contributed by atoms with Gasteiger partial charge in [0, 0.05) is 18.3 Å². The van der Waals surface area contributed by atoms with Crippen LogP contribution in [0.5, 0.6) is 0 Å². The molecule has 0 spiro atoms. The molecule has 0 aromatic carbocycles. The van der Waals surface area contributed by atoms with E-state index in [1.54, 1.807) is 12.5 Å². The van der Waals surface area contributed by atoms with E-state index in [-0.39, 0.29) is 0 Å². The highest BCUT2D eigenvalue weighted by atomic mass is 35.5. The van der Waals surface area contributed by atoms with Crippen LogP contribution in [-0.4, -0.2) is 21.5 Å². The van der Waals surface area contributed by atoms with Gasteiger partial charge in [-0.1, -0.05) is 11.6 Å². The number of anilines is 1. The standard InChI is InChI=1S/C12H13ClN4S/c1-3-14-10-8(2)11(17-7-16-10)18-12-9(13)5-4-6-15-12/h4-7H,3H2,1-2H3,(H,14,16,17). The molecule has 6 heteroatoms. The van der Waals surface area contributed by atoms with Gasteiger partial charge in [-0.05, 0) is 37.7 Å². The summed E-state index contributed by atoms with van der Waals surface area (Å²) < 4.78 is 0. The number of nitrogens with one attached hydrogen (secondary N) is 1. The minimum atomic E-state index is 0.630. The Bertz CT molecular complexity index is 547. The lowest BCUT2D eigenvalue weighted by atomic mass is 10.3. The van der Waals surface area contributed by atoms with E-state index in [9.17, 15) is 0 Å². The minimum Gasteiger partial charge on any atom is -0.370 e. The van der Waals surface area contributed by atoms with Crippen molar-refractivity contribution in [1.29, 1.82) is 0 Å². The molecule has 1 N–H and O–H groups in total. The fraction of sp³-hybridized carbons (Fsp3) is 0.250. The molecule has 2 heterocycles. The Morgan fingerprint density at radius 2 is 2.11 bits per heavy atom. The molecule has 0 aliphatic rings. The average Bonchev–Trinajstić information content (AvgIpc) is 2.37. The monoisotopic (exact) mass is 280 g/mol. The Kier molecular flexibility index (Phi) is 4.38. The Labute approximate surface area is 115 Å². The second-order valence-electron chi connectivity index (χ2n) is 3.58. The third-order valence-electron chi connectivity index (χ3n) is 2.30. The summed E-state index contributed by atoms with van der Waals surface area (Å²) in [6.07, 6.45) is 3.26. The maximum absolute atomic E-state index is 6.09. The van der Waals surface area contributed by atoms with Gasteiger partial charge in [-0.3, -0.25) is 0 Å². The molecule has 2 aromatic heterocycles. The summed E-state index contributed by atoms with van der Waals surface area (Å²) in [5.41, 5.74) is 1.01. The lowest BCUT2D eigenvalue weighted by molar-refractivity contribution is 0.985. The fourth-order valence-corrected chi connectivity index (χ4v) is 2.47. The molecule has 18 heavy (non-hydrogen) atoms. The third kappa shape index (κ3) is 2.91. The number of rotatable bonds is 4. The highest BCUT2D eigenvalue weighted by Crippen LogP contribution is 2.33. The van der Waals surface area contributed by atoms with Crippen LogP contribution in [0.1, 0.15) is 12.5 Å². The predicted molar refractivity (Wildman–Crippen MR) is 74.3 cm³/mol. The van der Waals surface area contributed by atoms with Crippen molar-refractivity contribution in [1.82, 2.24) is 15.0 Å². The van der Waals surface area contributed by atoms with Crippen LogP contribution in [0.3, 0.4) is 0 Å². The lowest BCUT2D eigenvalue weighted by Crippen LogP contribution is -2.03. The van der Waals surface area contributed by atoms with E-state index in [2.05, 4.69) is 20.3 Å². The third-order valence-corrected chi connectivity index (χ3v) is 3.84. The second-order valence-corrected chi connectivity index (χ2v) is 4.96.